The maximum atomic E-state index is 13.0. The molecule has 1 aliphatic rings. The number of hydrogen-bond acceptors (Lipinski definition) is 4. The first-order valence-electron chi connectivity index (χ1n) is 11.4. The van der Waals surface area contributed by atoms with Crippen LogP contribution in [0, 0.1) is 5.92 Å². The highest BCUT2D eigenvalue weighted by Crippen LogP contribution is 2.44. The molecule has 33 heavy (non-hydrogen) atoms. The number of amides is 2. The third-order valence-corrected chi connectivity index (χ3v) is 6.13. The Labute approximate surface area is 194 Å². The van der Waals surface area contributed by atoms with Gasteiger partial charge in [-0.2, -0.15) is 0 Å². The monoisotopic (exact) mass is 452 g/mol. The van der Waals surface area contributed by atoms with E-state index in [4.69, 9.17) is 4.74 Å². The van der Waals surface area contributed by atoms with Crippen LogP contribution < -0.4 is 5.32 Å². The normalized spacial score (nSPS) is 14.2. The average Bonchev–Trinajstić information content (AvgIpc) is 3.10. The summed E-state index contributed by atoms with van der Waals surface area (Å²) in [7, 11) is 1.46. The molecule has 0 aromatic heterocycles. The van der Waals surface area contributed by atoms with Crippen LogP contribution in [0.25, 0.3) is 11.1 Å². The van der Waals surface area contributed by atoms with Crippen molar-refractivity contribution in [3.8, 4) is 11.1 Å². The van der Waals surface area contributed by atoms with Gasteiger partial charge in [0.2, 0.25) is 5.91 Å². The number of nitrogens with one attached hydrogen (secondary N) is 1. The number of hydrogen-bond donors (Lipinski definition) is 2. The van der Waals surface area contributed by atoms with Gasteiger partial charge in [-0.3, -0.25) is 4.79 Å². The molecular weight excluding hydrogens is 420 g/mol. The lowest BCUT2D eigenvalue weighted by Crippen LogP contribution is -2.52. The number of carbonyl (C=O) groups excluding carboxylic acids is 2. The van der Waals surface area contributed by atoms with E-state index >= 15 is 0 Å². The molecule has 7 nitrogen and oxygen atoms in total. The SMILES string of the molecule is CCC(C(=O)O)N(C)C(=O)[C@H](CC(C)C)NC(=O)OCC1c2ccccc2-c2ccccc21. The van der Waals surface area contributed by atoms with Crippen molar-refractivity contribution in [1.29, 1.82) is 0 Å². The van der Waals surface area contributed by atoms with Gasteiger partial charge in [-0.25, -0.2) is 9.59 Å². The van der Waals surface area contributed by atoms with Crippen molar-refractivity contribution in [2.24, 2.45) is 5.92 Å². The molecule has 0 bridgehead atoms. The van der Waals surface area contributed by atoms with Gasteiger partial charge in [0.15, 0.2) is 0 Å². The van der Waals surface area contributed by atoms with E-state index in [1.54, 1.807) is 6.92 Å². The van der Waals surface area contributed by atoms with Crippen molar-refractivity contribution in [2.75, 3.05) is 13.7 Å². The third kappa shape index (κ3) is 5.35. The van der Waals surface area contributed by atoms with Crippen LogP contribution >= 0.6 is 0 Å². The van der Waals surface area contributed by atoms with Crippen molar-refractivity contribution in [1.82, 2.24) is 10.2 Å². The van der Waals surface area contributed by atoms with Crippen molar-refractivity contribution in [2.45, 2.75) is 51.6 Å². The molecule has 176 valence electrons. The van der Waals surface area contributed by atoms with Crippen LogP contribution in [-0.2, 0) is 14.3 Å². The molecule has 3 rings (SSSR count). The molecule has 7 heteroatoms. The molecule has 2 atom stereocenters. The summed E-state index contributed by atoms with van der Waals surface area (Å²) in [6.45, 7) is 5.73. The zero-order chi connectivity index (χ0) is 24.1. The van der Waals surface area contributed by atoms with Gasteiger partial charge in [0.25, 0.3) is 0 Å². The number of likely N-dealkylation sites (N-methyl/N-ethyl adjacent to an activating group) is 1. The Morgan fingerprint density at radius 3 is 2.06 bits per heavy atom. The van der Waals surface area contributed by atoms with E-state index in [1.165, 1.54) is 11.9 Å². The molecule has 1 unspecified atom stereocenters. The molecule has 2 amide bonds. The highest BCUT2D eigenvalue weighted by Gasteiger charge is 2.33. The molecule has 1 aliphatic carbocycles. The quantitative estimate of drug-likeness (QED) is 0.593. The van der Waals surface area contributed by atoms with Crippen LogP contribution in [0.4, 0.5) is 4.79 Å². The minimum absolute atomic E-state index is 0.0819. The van der Waals surface area contributed by atoms with Gasteiger partial charge in [-0.1, -0.05) is 69.3 Å². The minimum Gasteiger partial charge on any atom is -0.480 e. The van der Waals surface area contributed by atoms with Gasteiger partial charge >= 0.3 is 12.1 Å². The second kappa shape index (κ2) is 10.5. The summed E-state index contributed by atoms with van der Waals surface area (Å²) in [5.41, 5.74) is 4.48. The van der Waals surface area contributed by atoms with E-state index in [0.717, 1.165) is 22.3 Å². The molecule has 0 fully saturated rings. The molecule has 0 saturated heterocycles. The molecule has 2 aromatic carbocycles. The minimum atomic E-state index is -1.07. The summed E-state index contributed by atoms with van der Waals surface area (Å²) in [6.07, 6.45) is -0.0343. The van der Waals surface area contributed by atoms with Gasteiger partial charge in [0.1, 0.15) is 18.7 Å². The Morgan fingerprint density at radius 2 is 1.58 bits per heavy atom. The smallest absolute Gasteiger partial charge is 0.407 e. The summed E-state index contributed by atoms with van der Waals surface area (Å²) in [5, 5.41) is 12.1. The number of benzene rings is 2. The fourth-order valence-corrected chi connectivity index (χ4v) is 4.49. The van der Waals surface area contributed by atoms with Gasteiger partial charge in [-0.15, -0.1) is 0 Å². The lowest BCUT2D eigenvalue weighted by molar-refractivity contribution is -0.150. The number of aliphatic carboxylic acids is 1. The summed E-state index contributed by atoms with van der Waals surface area (Å²) >= 11 is 0. The predicted molar refractivity (Wildman–Crippen MR) is 126 cm³/mol. The highest BCUT2D eigenvalue weighted by molar-refractivity contribution is 5.89. The topological polar surface area (TPSA) is 95.9 Å². The maximum Gasteiger partial charge on any atom is 0.407 e. The third-order valence-electron chi connectivity index (χ3n) is 6.13. The molecular formula is C26H32N2O5. The fourth-order valence-electron chi connectivity index (χ4n) is 4.49. The van der Waals surface area contributed by atoms with Crippen molar-refractivity contribution >= 4 is 18.0 Å². The Kier molecular flexibility index (Phi) is 7.74. The van der Waals surface area contributed by atoms with E-state index in [2.05, 4.69) is 17.4 Å². The Bertz CT molecular complexity index is 974. The molecule has 0 heterocycles. The highest BCUT2D eigenvalue weighted by atomic mass is 16.5. The van der Waals surface area contributed by atoms with Gasteiger partial charge in [0.05, 0.1) is 0 Å². The molecule has 0 aliphatic heterocycles. The summed E-state index contributed by atoms with van der Waals surface area (Å²) < 4.78 is 5.58. The number of carbonyl (C=O) groups is 3. The van der Waals surface area contributed by atoms with E-state index in [-0.39, 0.29) is 24.9 Å². The summed E-state index contributed by atoms with van der Waals surface area (Å²) in [6, 6.07) is 14.3. The number of alkyl carbamates (subject to hydrolysis) is 1. The van der Waals surface area contributed by atoms with Crippen molar-refractivity contribution in [3.05, 3.63) is 59.7 Å². The Morgan fingerprint density at radius 1 is 1.03 bits per heavy atom. The number of carboxylic acid groups (broad SMARTS) is 1. The number of ether oxygens (including phenoxy) is 1. The first-order valence-corrected chi connectivity index (χ1v) is 11.4. The standard InChI is InChI=1S/C26H32N2O5/c1-5-23(25(30)31)28(4)24(29)22(14-16(2)3)27-26(32)33-15-21-19-12-8-6-10-17(19)18-11-7-9-13-20(18)21/h6-13,16,21-23H,5,14-15H2,1-4H3,(H,27,32)(H,30,31)/t22-,23?/m0/s1. The van der Waals surface area contributed by atoms with Gasteiger partial charge in [0, 0.05) is 13.0 Å². The Hall–Kier alpha value is -3.35. The van der Waals surface area contributed by atoms with E-state index in [9.17, 15) is 19.5 Å². The zero-order valence-corrected chi connectivity index (χ0v) is 19.6. The summed E-state index contributed by atoms with van der Waals surface area (Å²) in [5.74, 6) is -1.48. The van der Waals surface area contributed by atoms with Crippen LogP contribution in [-0.4, -0.2) is 53.7 Å². The lowest BCUT2D eigenvalue weighted by atomic mass is 9.98. The molecule has 0 radical (unpaired) electrons. The summed E-state index contributed by atoms with van der Waals surface area (Å²) in [4.78, 5) is 38.4. The number of fused-ring (bicyclic) bond motifs is 3. The zero-order valence-electron chi connectivity index (χ0n) is 19.6. The second-order valence-electron chi connectivity index (χ2n) is 8.86. The molecule has 0 spiro atoms. The number of rotatable bonds is 9. The van der Waals surface area contributed by atoms with Crippen molar-refractivity contribution in [3.63, 3.8) is 0 Å². The van der Waals surface area contributed by atoms with Crippen molar-refractivity contribution < 1.29 is 24.2 Å². The van der Waals surface area contributed by atoms with E-state index in [0.29, 0.717) is 6.42 Å². The second-order valence-corrected chi connectivity index (χ2v) is 8.86. The van der Waals surface area contributed by atoms with E-state index in [1.807, 2.05) is 50.2 Å². The van der Waals surface area contributed by atoms with Crippen LogP contribution in [0.1, 0.15) is 50.7 Å². The Balaban J connectivity index is 1.70. The van der Waals surface area contributed by atoms with Crippen LogP contribution in [0.2, 0.25) is 0 Å². The van der Waals surface area contributed by atoms with Crippen LogP contribution in [0.15, 0.2) is 48.5 Å². The molecule has 2 N–H and O–H groups in total. The predicted octanol–water partition coefficient (Wildman–Crippen LogP) is 4.26. The number of nitrogens with zero attached hydrogens (tertiary/aromatic N) is 1. The fraction of sp³-hybridized carbons (Fsp3) is 0.423. The maximum absolute atomic E-state index is 13.0. The molecule has 0 saturated carbocycles. The number of carboxylic acids is 1. The van der Waals surface area contributed by atoms with Gasteiger partial charge < -0.3 is 20.1 Å². The first-order chi connectivity index (χ1) is 15.7. The lowest BCUT2D eigenvalue weighted by Gasteiger charge is -2.29. The van der Waals surface area contributed by atoms with Crippen LogP contribution in [0.3, 0.4) is 0 Å². The van der Waals surface area contributed by atoms with Crippen LogP contribution in [0.5, 0.6) is 0 Å². The largest absolute Gasteiger partial charge is 0.480 e. The average molecular weight is 453 g/mol. The van der Waals surface area contributed by atoms with E-state index < -0.39 is 30.1 Å². The molecule has 2 aromatic rings. The van der Waals surface area contributed by atoms with Gasteiger partial charge in [-0.05, 0) is 41.0 Å². The first kappa shape index (κ1) is 24.3.